The van der Waals surface area contributed by atoms with Crippen LogP contribution in [0.5, 0.6) is 0 Å². The first-order chi connectivity index (χ1) is 7.54. The van der Waals surface area contributed by atoms with Crippen molar-refractivity contribution in [1.82, 2.24) is 4.98 Å². The van der Waals surface area contributed by atoms with Gasteiger partial charge in [-0.15, -0.1) is 0 Å². The van der Waals surface area contributed by atoms with Crippen molar-refractivity contribution in [3.8, 4) is 0 Å². The van der Waals surface area contributed by atoms with Gasteiger partial charge in [0.15, 0.2) is 5.43 Å². The SMILES string of the molecule is CCc1c(C)[nH]c2c(C)cc(Br)cc2c1=O. The fourth-order valence-electron chi connectivity index (χ4n) is 2.11. The van der Waals surface area contributed by atoms with Crippen molar-refractivity contribution in [2.45, 2.75) is 27.2 Å². The zero-order chi connectivity index (χ0) is 11.9. The standard InChI is InChI=1S/C13H14BrNO/c1-4-10-8(3)15-12-7(2)5-9(14)6-11(12)13(10)16/h5-6H,4H2,1-3H3,(H,15,16). The van der Waals surface area contributed by atoms with Crippen molar-refractivity contribution in [3.63, 3.8) is 0 Å². The van der Waals surface area contributed by atoms with Gasteiger partial charge in [0.1, 0.15) is 0 Å². The molecule has 0 aliphatic carbocycles. The molecule has 3 heteroatoms. The number of aromatic nitrogens is 1. The molecule has 2 nitrogen and oxygen atoms in total. The van der Waals surface area contributed by atoms with Gasteiger partial charge in [0, 0.05) is 21.1 Å². The summed E-state index contributed by atoms with van der Waals surface area (Å²) in [6.07, 6.45) is 0.767. The average Bonchev–Trinajstić information content (AvgIpc) is 2.21. The molecule has 16 heavy (non-hydrogen) atoms. The van der Waals surface area contributed by atoms with Crippen molar-refractivity contribution in [3.05, 3.63) is 43.6 Å². The molecule has 1 aromatic carbocycles. The number of H-pyrrole nitrogens is 1. The van der Waals surface area contributed by atoms with E-state index in [4.69, 9.17) is 0 Å². The third-order valence-corrected chi connectivity index (χ3v) is 3.40. The molecule has 0 saturated carbocycles. The molecule has 1 N–H and O–H groups in total. The van der Waals surface area contributed by atoms with Crippen molar-refractivity contribution < 1.29 is 0 Å². The van der Waals surface area contributed by atoms with Crippen LogP contribution in [-0.4, -0.2) is 4.98 Å². The van der Waals surface area contributed by atoms with Gasteiger partial charge in [-0.3, -0.25) is 4.79 Å². The van der Waals surface area contributed by atoms with Gasteiger partial charge in [-0.25, -0.2) is 0 Å². The van der Waals surface area contributed by atoms with E-state index in [1.54, 1.807) is 0 Å². The smallest absolute Gasteiger partial charge is 0.192 e. The number of fused-ring (bicyclic) bond motifs is 1. The van der Waals surface area contributed by atoms with Crippen LogP contribution in [-0.2, 0) is 6.42 Å². The van der Waals surface area contributed by atoms with E-state index in [2.05, 4.69) is 20.9 Å². The van der Waals surface area contributed by atoms with Gasteiger partial charge < -0.3 is 4.98 Å². The molecule has 2 aromatic rings. The van der Waals surface area contributed by atoms with E-state index in [0.29, 0.717) is 0 Å². The van der Waals surface area contributed by atoms with Gasteiger partial charge in [0.2, 0.25) is 0 Å². The number of halogens is 1. The van der Waals surface area contributed by atoms with E-state index in [0.717, 1.165) is 38.6 Å². The number of aryl methyl sites for hydroxylation is 2. The summed E-state index contributed by atoms with van der Waals surface area (Å²) in [4.78, 5) is 15.6. The fraction of sp³-hybridized carbons (Fsp3) is 0.308. The predicted molar refractivity (Wildman–Crippen MR) is 71.1 cm³/mol. The zero-order valence-electron chi connectivity index (χ0n) is 9.65. The largest absolute Gasteiger partial charge is 0.358 e. The number of aromatic amines is 1. The van der Waals surface area contributed by atoms with Crippen LogP contribution in [0.2, 0.25) is 0 Å². The van der Waals surface area contributed by atoms with Crippen LogP contribution in [0.3, 0.4) is 0 Å². The number of hydrogen-bond acceptors (Lipinski definition) is 1. The molecule has 0 unspecified atom stereocenters. The molecule has 2 rings (SSSR count). The molecular formula is C13H14BrNO. The van der Waals surface area contributed by atoms with Crippen molar-refractivity contribution in [2.24, 2.45) is 0 Å². The van der Waals surface area contributed by atoms with Crippen LogP contribution < -0.4 is 5.43 Å². The highest BCUT2D eigenvalue weighted by atomic mass is 79.9. The Kier molecular flexibility index (Phi) is 2.89. The highest BCUT2D eigenvalue weighted by Crippen LogP contribution is 2.21. The van der Waals surface area contributed by atoms with Crippen molar-refractivity contribution in [2.75, 3.05) is 0 Å². The van der Waals surface area contributed by atoms with E-state index in [9.17, 15) is 4.79 Å². The first kappa shape index (κ1) is 11.4. The minimum atomic E-state index is 0.151. The van der Waals surface area contributed by atoms with Gasteiger partial charge in [-0.05, 0) is 38.0 Å². The number of pyridine rings is 1. The van der Waals surface area contributed by atoms with E-state index >= 15 is 0 Å². The molecule has 1 aromatic heterocycles. The summed E-state index contributed by atoms with van der Waals surface area (Å²) in [7, 11) is 0. The van der Waals surface area contributed by atoms with E-state index in [1.807, 2.05) is 32.9 Å². The number of benzene rings is 1. The van der Waals surface area contributed by atoms with Gasteiger partial charge in [-0.2, -0.15) is 0 Å². The molecule has 84 valence electrons. The monoisotopic (exact) mass is 279 g/mol. The Balaban J connectivity index is 2.99. The molecule has 0 saturated heterocycles. The summed E-state index contributed by atoms with van der Waals surface area (Å²) in [6.45, 7) is 5.98. The molecule has 1 heterocycles. The van der Waals surface area contributed by atoms with Crippen LogP contribution in [0, 0.1) is 13.8 Å². The van der Waals surface area contributed by atoms with Crippen LogP contribution in [0.25, 0.3) is 10.9 Å². The predicted octanol–water partition coefficient (Wildman–Crippen LogP) is 3.47. The Morgan fingerprint density at radius 2 is 2.00 bits per heavy atom. The zero-order valence-corrected chi connectivity index (χ0v) is 11.2. The lowest BCUT2D eigenvalue weighted by molar-refractivity contribution is 1.05. The molecule has 0 bridgehead atoms. The summed E-state index contributed by atoms with van der Waals surface area (Å²) in [6, 6.07) is 3.91. The molecule has 0 radical (unpaired) electrons. The van der Waals surface area contributed by atoms with Gasteiger partial charge in [-0.1, -0.05) is 22.9 Å². The molecule has 0 atom stereocenters. The van der Waals surface area contributed by atoms with Crippen molar-refractivity contribution in [1.29, 1.82) is 0 Å². The normalized spacial score (nSPS) is 11.0. The quantitative estimate of drug-likeness (QED) is 0.852. The summed E-state index contributed by atoms with van der Waals surface area (Å²) in [5.41, 5.74) is 4.05. The lowest BCUT2D eigenvalue weighted by Crippen LogP contribution is -2.13. The molecule has 0 aliphatic heterocycles. The number of hydrogen-bond donors (Lipinski definition) is 1. The lowest BCUT2D eigenvalue weighted by atomic mass is 10.0. The molecular weight excluding hydrogens is 266 g/mol. The number of nitrogens with one attached hydrogen (secondary N) is 1. The molecule has 0 spiro atoms. The molecule has 0 amide bonds. The maximum Gasteiger partial charge on any atom is 0.192 e. The number of rotatable bonds is 1. The minimum Gasteiger partial charge on any atom is -0.358 e. The highest BCUT2D eigenvalue weighted by molar-refractivity contribution is 9.10. The maximum atomic E-state index is 12.2. The Labute approximate surface area is 103 Å². The van der Waals surface area contributed by atoms with Crippen LogP contribution in [0.4, 0.5) is 0 Å². The molecule has 0 aliphatic rings. The average molecular weight is 280 g/mol. The van der Waals surface area contributed by atoms with E-state index < -0.39 is 0 Å². The second kappa shape index (κ2) is 4.06. The van der Waals surface area contributed by atoms with Crippen LogP contribution in [0.15, 0.2) is 21.4 Å². The van der Waals surface area contributed by atoms with E-state index in [1.165, 1.54) is 0 Å². The lowest BCUT2D eigenvalue weighted by Gasteiger charge is -2.08. The fourth-order valence-corrected chi connectivity index (χ4v) is 2.68. The van der Waals surface area contributed by atoms with Crippen LogP contribution in [0.1, 0.15) is 23.7 Å². The third kappa shape index (κ3) is 1.69. The second-order valence-electron chi connectivity index (χ2n) is 4.06. The Morgan fingerprint density at radius 3 is 2.62 bits per heavy atom. The molecule has 0 fully saturated rings. The first-order valence-electron chi connectivity index (χ1n) is 5.36. The van der Waals surface area contributed by atoms with Gasteiger partial charge in [0.25, 0.3) is 0 Å². The maximum absolute atomic E-state index is 12.2. The van der Waals surface area contributed by atoms with E-state index in [-0.39, 0.29) is 5.43 Å². The summed E-state index contributed by atoms with van der Waals surface area (Å²) < 4.78 is 0.953. The highest BCUT2D eigenvalue weighted by Gasteiger charge is 2.09. The second-order valence-corrected chi connectivity index (χ2v) is 4.97. The first-order valence-corrected chi connectivity index (χ1v) is 6.15. The summed E-state index contributed by atoms with van der Waals surface area (Å²) in [5, 5.41) is 0.773. The minimum absolute atomic E-state index is 0.151. The Morgan fingerprint density at radius 1 is 1.31 bits per heavy atom. The summed E-state index contributed by atoms with van der Waals surface area (Å²) in [5.74, 6) is 0. The topological polar surface area (TPSA) is 32.9 Å². The Hall–Kier alpha value is -1.09. The van der Waals surface area contributed by atoms with Crippen molar-refractivity contribution >= 4 is 26.8 Å². The van der Waals surface area contributed by atoms with Gasteiger partial charge in [0.05, 0.1) is 5.52 Å². The Bertz CT molecular complexity index is 613. The van der Waals surface area contributed by atoms with Crippen LogP contribution >= 0.6 is 15.9 Å². The summed E-state index contributed by atoms with van der Waals surface area (Å²) >= 11 is 3.43. The van der Waals surface area contributed by atoms with Gasteiger partial charge >= 0.3 is 0 Å². The third-order valence-electron chi connectivity index (χ3n) is 2.94.